The number of aliphatic carboxylic acids is 2. The topological polar surface area (TPSA) is 139 Å². The van der Waals surface area contributed by atoms with Gasteiger partial charge in [-0.05, 0) is 88.2 Å². The fourth-order valence-electron chi connectivity index (χ4n) is 7.24. The number of carboxylic acids is 2. The average molecular weight is 949 g/mol. The van der Waals surface area contributed by atoms with Crippen LogP contribution < -0.4 is 10.2 Å². The van der Waals surface area contributed by atoms with Crippen LogP contribution in [0.5, 0.6) is 0 Å². The molecule has 332 valence electrons. The molecule has 2 aromatic rings. The van der Waals surface area contributed by atoms with Gasteiger partial charge in [0.05, 0.1) is 37.6 Å². The molecule has 0 aromatic heterocycles. The molecule has 4 atom stereocenters. The summed E-state index contributed by atoms with van der Waals surface area (Å²) in [7, 11) is 0. The van der Waals surface area contributed by atoms with Crippen molar-refractivity contribution in [2.75, 3.05) is 0 Å². The third kappa shape index (κ3) is 38.2. The molecule has 2 rings (SSSR count). The minimum atomic E-state index is -0.959. The van der Waals surface area contributed by atoms with E-state index in [0.29, 0.717) is 26.1 Å². The molecule has 2 aromatic carbocycles. The van der Waals surface area contributed by atoms with Crippen LogP contribution in [0.4, 0.5) is 0 Å². The van der Waals surface area contributed by atoms with Crippen molar-refractivity contribution in [1.82, 2.24) is 0 Å². The monoisotopic (exact) mass is 949 g/mol. The predicted octanol–water partition coefficient (Wildman–Crippen LogP) is 9.95. The summed E-state index contributed by atoms with van der Waals surface area (Å²) < 4.78 is 12.3. The van der Waals surface area contributed by atoms with Gasteiger partial charge in [-0.1, -0.05) is 177 Å². The van der Waals surface area contributed by atoms with Crippen LogP contribution in [0.3, 0.4) is 0 Å². The Morgan fingerprint density at radius 1 is 0.458 bits per heavy atom. The molecule has 9 heteroatoms. The van der Waals surface area contributed by atoms with Crippen LogP contribution >= 0.6 is 0 Å². The number of carbonyl (C=O) groups is 2. The Hall–Kier alpha value is -1.21. The minimum Gasteiger partial charge on any atom is -0.550 e. The van der Waals surface area contributed by atoms with E-state index in [2.05, 4.69) is 38.1 Å². The summed E-state index contributed by atoms with van der Waals surface area (Å²) in [5.41, 5.74) is 2.37. The van der Waals surface area contributed by atoms with Crippen LogP contribution in [-0.4, -0.2) is 95.4 Å². The number of carboxylic acid groups (broad SMARTS) is 2. The van der Waals surface area contributed by atoms with Crippen molar-refractivity contribution in [3.05, 3.63) is 71.8 Å². The number of hydrogen-bond donors (Lipinski definition) is 2. The van der Waals surface area contributed by atoms with E-state index in [4.69, 9.17) is 9.47 Å². The second-order valence-corrected chi connectivity index (χ2v) is 16.4. The first kappa shape index (κ1) is 57.8. The first-order valence-corrected chi connectivity index (χ1v) is 23.3. The third-order valence-corrected chi connectivity index (χ3v) is 10.9. The zero-order valence-electron chi connectivity index (χ0n) is 37.3. The molecule has 0 saturated heterocycles. The first-order chi connectivity index (χ1) is 28.2. The SMILES string of the molecule is CCCCCC(O)CCCCCC(CCCCCC(=O)[O-])OCc1ccccc1.CCCCCC(O)CCCCCC(CCCCCC(=O)[O-])OCc1ccccc1.[Ba+2]. The Bertz CT molecular complexity index is 1110. The van der Waals surface area contributed by atoms with Gasteiger partial charge in [0.1, 0.15) is 0 Å². The molecule has 2 N–H and O–H groups in total. The van der Waals surface area contributed by atoms with Crippen LogP contribution in [0.15, 0.2) is 60.7 Å². The Labute approximate surface area is 400 Å². The Morgan fingerprint density at radius 3 is 1.05 bits per heavy atom. The Kier molecular flexibility index (Phi) is 41.2. The molecule has 0 spiro atoms. The van der Waals surface area contributed by atoms with Gasteiger partial charge in [-0.3, -0.25) is 0 Å². The van der Waals surface area contributed by atoms with Crippen LogP contribution in [0.2, 0.25) is 0 Å². The maximum Gasteiger partial charge on any atom is 2.00 e. The van der Waals surface area contributed by atoms with Gasteiger partial charge in [0.15, 0.2) is 0 Å². The standard InChI is InChI=1S/2C25H42O4.Ba/c2*1-2-3-7-16-23(26)17-10-5-11-18-24(19-12-6-13-20-25(27)28)29-21-22-14-8-4-9-15-22;/h2*4,8-9,14-15,23-24,26H,2-3,5-7,10-13,16-21H2,1H3,(H,27,28);/q;;+2/p-2. The van der Waals surface area contributed by atoms with Crippen molar-refractivity contribution in [1.29, 1.82) is 0 Å². The Balaban J connectivity index is 0.00000112. The van der Waals surface area contributed by atoms with Gasteiger partial charge in [-0.25, -0.2) is 0 Å². The summed E-state index contributed by atoms with van der Waals surface area (Å²) in [5, 5.41) is 41.1. The van der Waals surface area contributed by atoms with Gasteiger partial charge >= 0.3 is 48.9 Å². The van der Waals surface area contributed by atoms with Crippen molar-refractivity contribution >= 4 is 60.8 Å². The van der Waals surface area contributed by atoms with Gasteiger partial charge in [0.2, 0.25) is 0 Å². The van der Waals surface area contributed by atoms with E-state index in [1.807, 2.05) is 36.4 Å². The minimum absolute atomic E-state index is 0. The summed E-state index contributed by atoms with van der Waals surface area (Å²) in [6, 6.07) is 20.4. The van der Waals surface area contributed by atoms with Crippen molar-refractivity contribution < 1.29 is 39.5 Å². The van der Waals surface area contributed by atoms with E-state index in [1.54, 1.807) is 0 Å². The van der Waals surface area contributed by atoms with Crippen molar-refractivity contribution in [2.45, 2.75) is 231 Å². The summed E-state index contributed by atoms with van der Waals surface area (Å²) in [5.74, 6) is -1.92. The maximum atomic E-state index is 10.5. The summed E-state index contributed by atoms with van der Waals surface area (Å²) in [6.45, 7) is 5.62. The predicted molar refractivity (Wildman–Crippen MR) is 238 cm³/mol. The molecule has 59 heavy (non-hydrogen) atoms. The van der Waals surface area contributed by atoms with Crippen LogP contribution in [0.1, 0.15) is 205 Å². The molecule has 4 unspecified atom stereocenters. The largest absolute Gasteiger partial charge is 2.00 e. The number of benzene rings is 2. The summed E-state index contributed by atoms with van der Waals surface area (Å²) in [4.78, 5) is 21.1. The van der Waals surface area contributed by atoms with E-state index in [1.165, 1.54) is 36.8 Å². The van der Waals surface area contributed by atoms with Crippen molar-refractivity contribution in [3.8, 4) is 0 Å². The zero-order valence-corrected chi connectivity index (χ0v) is 41.8. The van der Waals surface area contributed by atoms with Gasteiger partial charge in [0, 0.05) is 11.9 Å². The second kappa shape index (κ2) is 42.1. The van der Waals surface area contributed by atoms with Crippen molar-refractivity contribution in [2.24, 2.45) is 0 Å². The normalized spacial score (nSPS) is 13.1. The number of ether oxygens (including phenoxy) is 2. The van der Waals surface area contributed by atoms with Crippen LogP contribution in [-0.2, 0) is 32.3 Å². The molecule has 8 nitrogen and oxygen atoms in total. The smallest absolute Gasteiger partial charge is 0.550 e. The molecule has 0 radical (unpaired) electrons. The van der Waals surface area contributed by atoms with Gasteiger partial charge in [-0.2, -0.15) is 0 Å². The van der Waals surface area contributed by atoms with Crippen LogP contribution in [0, 0.1) is 0 Å². The fraction of sp³-hybridized carbons (Fsp3) is 0.720. The zero-order chi connectivity index (χ0) is 42.3. The third-order valence-electron chi connectivity index (χ3n) is 10.9. The number of rotatable bonds is 38. The number of unbranched alkanes of at least 4 members (excludes halogenated alkanes) is 12. The molecule has 0 fully saturated rings. The second-order valence-electron chi connectivity index (χ2n) is 16.4. The molecule has 0 saturated carbocycles. The maximum absolute atomic E-state index is 10.5. The molecule has 0 aliphatic heterocycles. The number of carbonyl (C=O) groups excluding carboxylic acids is 2. The number of aliphatic hydroxyl groups excluding tert-OH is 2. The van der Waals surface area contributed by atoms with Gasteiger partial charge in [0.25, 0.3) is 0 Å². The quantitative estimate of drug-likeness (QED) is 0.0501. The van der Waals surface area contributed by atoms with Gasteiger partial charge < -0.3 is 39.5 Å². The molecule has 0 amide bonds. The van der Waals surface area contributed by atoms with Crippen molar-refractivity contribution in [3.63, 3.8) is 0 Å². The summed E-state index contributed by atoms with van der Waals surface area (Å²) in [6.07, 6.45) is 27.0. The molecule has 0 bridgehead atoms. The van der Waals surface area contributed by atoms with E-state index >= 15 is 0 Å². The van der Waals surface area contributed by atoms with E-state index in [9.17, 15) is 30.0 Å². The molecule has 0 heterocycles. The molecular formula is C50H82BaO8. The molecule has 0 aliphatic carbocycles. The number of hydrogen-bond acceptors (Lipinski definition) is 8. The van der Waals surface area contributed by atoms with E-state index in [-0.39, 0.29) is 86.1 Å². The number of aliphatic hydroxyl groups is 2. The Morgan fingerprint density at radius 2 is 0.746 bits per heavy atom. The first-order valence-electron chi connectivity index (χ1n) is 23.3. The molecular weight excluding hydrogens is 866 g/mol. The van der Waals surface area contributed by atoms with Gasteiger partial charge in [-0.15, -0.1) is 0 Å². The fourth-order valence-corrected chi connectivity index (χ4v) is 7.24. The van der Waals surface area contributed by atoms with E-state index < -0.39 is 11.9 Å². The van der Waals surface area contributed by atoms with E-state index in [0.717, 1.165) is 128 Å². The average Bonchev–Trinajstić information content (AvgIpc) is 3.21. The summed E-state index contributed by atoms with van der Waals surface area (Å²) >= 11 is 0. The molecule has 0 aliphatic rings. The van der Waals surface area contributed by atoms with Crippen LogP contribution in [0.25, 0.3) is 0 Å².